The molecule has 1 aliphatic carbocycles. The molecule has 1 aromatic carbocycles. The van der Waals surface area contributed by atoms with E-state index in [0.717, 1.165) is 6.08 Å². The van der Waals surface area contributed by atoms with E-state index in [1.165, 1.54) is 12.1 Å². The average molecular weight is 402 g/mol. The number of phenolic OH excluding ortho intramolecular Hbond substituents is 1. The lowest BCUT2D eigenvalue weighted by molar-refractivity contribution is -0.159. The number of phenols is 1. The second-order valence-electron chi connectivity index (χ2n) is 7.44. The highest BCUT2D eigenvalue weighted by Gasteiger charge is 2.45. The van der Waals surface area contributed by atoms with Gasteiger partial charge in [0, 0.05) is 31.4 Å². The fourth-order valence-corrected chi connectivity index (χ4v) is 4.05. The molecule has 0 bridgehead atoms. The first kappa shape index (κ1) is 19.3. The van der Waals surface area contributed by atoms with E-state index in [1.807, 2.05) is 0 Å². The van der Waals surface area contributed by atoms with E-state index in [2.05, 4.69) is 0 Å². The molecule has 0 fully saturated rings. The number of rotatable bonds is 2. The first-order valence-electron chi connectivity index (χ1n) is 8.93. The third-order valence-electron chi connectivity index (χ3n) is 5.20. The number of fused-ring (bicyclic) bond motifs is 2. The van der Waals surface area contributed by atoms with Crippen LogP contribution < -0.4 is 5.43 Å². The molecule has 1 unspecified atom stereocenters. The Labute approximate surface area is 163 Å². The van der Waals surface area contributed by atoms with Gasteiger partial charge in [0.25, 0.3) is 12.1 Å². The number of hydrogen-bond donors (Lipinski definition) is 4. The van der Waals surface area contributed by atoms with Crippen molar-refractivity contribution in [3.05, 3.63) is 51.1 Å². The molecule has 9 heteroatoms. The summed E-state index contributed by atoms with van der Waals surface area (Å²) in [6.07, 6.45) is -2.90. The molecule has 152 valence electrons. The minimum Gasteiger partial charge on any atom is -0.508 e. The van der Waals surface area contributed by atoms with E-state index in [4.69, 9.17) is 9.15 Å². The number of carbonyl (C=O) groups is 2. The van der Waals surface area contributed by atoms with E-state index in [-0.39, 0.29) is 46.6 Å². The van der Waals surface area contributed by atoms with Crippen molar-refractivity contribution in [1.82, 2.24) is 0 Å². The number of hydrogen-bond acceptors (Lipinski definition) is 9. The molecular weight excluding hydrogens is 384 g/mol. The molecule has 9 nitrogen and oxygen atoms in total. The number of aliphatic hydroxyl groups is 3. The van der Waals surface area contributed by atoms with Crippen LogP contribution in [-0.4, -0.2) is 44.4 Å². The summed E-state index contributed by atoms with van der Waals surface area (Å²) in [7, 11) is 0. The zero-order chi connectivity index (χ0) is 21.1. The lowest BCUT2D eigenvalue weighted by Crippen LogP contribution is -2.43. The van der Waals surface area contributed by atoms with Gasteiger partial charge in [0.1, 0.15) is 28.5 Å². The molecular formula is C20H18O9. The Bertz CT molecular complexity index is 1140. The Morgan fingerprint density at radius 1 is 1.21 bits per heavy atom. The number of ether oxygens (including phenoxy) is 1. The van der Waals surface area contributed by atoms with E-state index in [1.54, 1.807) is 6.92 Å². The van der Waals surface area contributed by atoms with Crippen LogP contribution in [0.15, 0.2) is 33.2 Å². The van der Waals surface area contributed by atoms with Crippen LogP contribution in [0.5, 0.6) is 5.75 Å². The third kappa shape index (κ3) is 3.13. The molecule has 1 aliphatic heterocycles. The Hall–Kier alpha value is -3.01. The quantitative estimate of drug-likeness (QED) is 0.511. The minimum absolute atomic E-state index is 0.0303. The first-order chi connectivity index (χ1) is 13.6. The smallest absolute Gasteiger partial charge is 0.270 e. The number of carbonyl (C=O) groups excluding carboxylic acids is 2. The van der Waals surface area contributed by atoms with Crippen LogP contribution in [0, 0.1) is 6.92 Å². The van der Waals surface area contributed by atoms with Crippen molar-refractivity contribution in [3.63, 3.8) is 0 Å². The maximum atomic E-state index is 13.2. The van der Waals surface area contributed by atoms with Gasteiger partial charge >= 0.3 is 0 Å². The molecule has 0 spiro atoms. The lowest BCUT2D eigenvalue weighted by atomic mass is 9.77. The van der Waals surface area contributed by atoms with Crippen LogP contribution in [0.3, 0.4) is 0 Å². The van der Waals surface area contributed by atoms with Crippen molar-refractivity contribution in [2.75, 3.05) is 0 Å². The van der Waals surface area contributed by atoms with E-state index in [9.17, 15) is 34.8 Å². The predicted octanol–water partition coefficient (Wildman–Crippen LogP) is 0.0625. The summed E-state index contributed by atoms with van der Waals surface area (Å²) in [5.41, 5.74) is -2.03. The van der Waals surface area contributed by atoms with Crippen molar-refractivity contribution in [2.24, 2.45) is 0 Å². The van der Waals surface area contributed by atoms with Crippen molar-refractivity contribution >= 4 is 22.5 Å². The molecule has 2 aliphatic rings. The van der Waals surface area contributed by atoms with Crippen molar-refractivity contribution in [3.8, 4) is 5.75 Å². The monoisotopic (exact) mass is 402 g/mol. The zero-order valence-corrected chi connectivity index (χ0v) is 15.3. The molecule has 4 rings (SSSR count). The number of ketones is 2. The number of aryl methyl sites for hydroxylation is 1. The number of allylic oxidation sites excluding steroid dienone is 1. The second kappa shape index (κ2) is 6.51. The number of Topliss-reactive ketones (excluding diaryl/α,β-unsaturated/α-hetero) is 1. The molecule has 0 radical (unpaired) electrons. The average Bonchev–Trinajstić information content (AvgIpc) is 2.57. The molecule has 1 aromatic heterocycles. The summed E-state index contributed by atoms with van der Waals surface area (Å²) in [6, 6.07) is 2.66. The third-order valence-corrected chi connectivity index (χ3v) is 5.20. The van der Waals surface area contributed by atoms with Gasteiger partial charge in [-0.3, -0.25) is 14.4 Å². The fourth-order valence-electron chi connectivity index (χ4n) is 4.05. The first-order valence-corrected chi connectivity index (χ1v) is 8.93. The normalized spacial score (nSPS) is 26.8. The van der Waals surface area contributed by atoms with Gasteiger partial charge < -0.3 is 29.6 Å². The van der Waals surface area contributed by atoms with Crippen molar-refractivity contribution in [2.45, 2.75) is 44.2 Å². The SMILES string of the molecule is Cc1cc(O)cc2oc3c(c(=O)c12)[C@@](O)(CC1=CC(=O)C(=O)C(O)O1)C[C@@H](O)C3. The van der Waals surface area contributed by atoms with Gasteiger partial charge in [-0.05, 0) is 18.6 Å². The molecule has 2 aromatic rings. The summed E-state index contributed by atoms with van der Waals surface area (Å²) in [4.78, 5) is 36.3. The van der Waals surface area contributed by atoms with Gasteiger partial charge in [-0.1, -0.05) is 0 Å². The highest BCUT2D eigenvalue weighted by atomic mass is 16.6. The maximum Gasteiger partial charge on any atom is 0.270 e. The molecule has 4 N–H and O–H groups in total. The van der Waals surface area contributed by atoms with E-state index in [0.29, 0.717) is 5.56 Å². The van der Waals surface area contributed by atoms with Gasteiger partial charge in [-0.15, -0.1) is 0 Å². The largest absolute Gasteiger partial charge is 0.508 e. The van der Waals surface area contributed by atoms with Gasteiger partial charge in [-0.25, -0.2) is 0 Å². The molecule has 0 saturated carbocycles. The van der Waals surface area contributed by atoms with E-state index >= 15 is 0 Å². The van der Waals surface area contributed by atoms with Crippen LogP contribution in [0.4, 0.5) is 0 Å². The van der Waals surface area contributed by atoms with Crippen LogP contribution in [0.2, 0.25) is 0 Å². The van der Waals surface area contributed by atoms with Gasteiger partial charge in [0.15, 0.2) is 5.43 Å². The van der Waals surface area contributed by atoms with Crippen LogP contribution in [0.1, 0.15) is 29.7 Å². The lowest BCUT2D eigenvalue weighted by Gasteiger charge is -2.36. The summed E-state index contributed by atoms with van der Waals surface area (Å²) in [5.74, 6) is -2.36. The van der Waals surface area contributed by atoms with Crippen molar-refractivity contribution < 1.29 is 39.2 Å². The number of aromatic hydroxyl groups is 1. The molecule has 3 atom stereocenters. The summed E-state index contributed by atoms with van der Waals surface area (Å²) < 4.78 is 10.7. The highest BCUT2D eigenvalue weighted by Crippen LogP contribution is 2.40. The summed E-state index contributed by atoms with van der Waals surface area (Å²) >= 11 is 0. The Balaban J connectivity index is 1.88. The standard InChI is InChI=1S/C20H18O9/c1-8-2-9(21)3-13-15(8)18(25)16-14(29-13)4-10(22)6-20(16,27)7-11-5-12(23)17(24)19(26)28-11/h2-3,5,10,19,21-22,26-27H,4,6-7H2,1H3/t10-,19?,20-/m0/s1. The minimum atomic E-state index is -1.99. The van der Waals surface area contributed by atoms with Gasteiger partial charge in [0.2, 0.25) is 5.78 Å². The second-order valence-corrected chi connectivity index (χ2v) is 7.44. The van der Waals surface area contributed by atoms with Crippen LogP contribution in [-0.2, 0) is 26.3 Å². The maximum absolute atomic E-state index is 13.2. The molecule has 0 amide bonds. The number of benzene rings is 1. The van der Waals surface area contributed by atoms with E-state index < -0.39 is 41.4 Å². The Morgan fingerprint density at radius 2 is 1.93 bits per heavy atom. The molecule has 0 saturated heterocycles. The summed E-state index contributed by atoms with van der Waals surface area (Å²) in [6.45, 7) is 1.61. The molecule has 29 heavy (non-hydrogen) atoms. The van der Waals surface area contributed by atoms with Gasteiger partial charge in [-0.2, -0.15) is 0 Å². The summed E-state index contributed by atoms with van der Waals surface area (Å²) in [5, 5.41) is 41.1. The molecule has 2 heterocycles. The van der Waals surface area contributed by atoms with Crippen molar-refractivity contribution in [1.29, 1.82) is 0 Å². The number of aliphatic hydroxyl groups excluding tert-OH is 2. The van der Waals surface area contributed by atoms with Gasteiger partial charge in [0.05, 0.1) is 17.1 Å². The Kier molecular flexibility index (Phi) is 4.34. The zero-order valence-electron chi connectivity index (χ0n) is 15.3. The van der Waals surface area contributed by atoms with Crippen LogP contribution in [0.25, 0.3) is 11.0 Å². The predicted molar refractivity (Wildman–Crippen MR) is 96.9 cm³/mol. The fraction of sp³-hybridized carbons (Fsp3) is 0.350. The highest BCUT2D eigenvalue weighted by molar-refractivity contribution is 6.43. The topological polar surface area (TPSA) is 154 Å². The van der Waals surface area contributed by atoms with Crippen LogP contribution >= 0.6 is 0 Å². The Morgan fingerprint density at radius 3 is 2.62 bits per heavy atom.